The summed E-state index contributed by atoms with van der Waals surface area (Å²) in [5.74, 6) is 0. The summed E-state index contributed by atoms with van der Waals surface area (Å²) in [4.78, 5) is 2.43. The average molecular weight is 653 g/mol. The van der Waals surface area contributed by atoms with Gasteiger partial charge in [-0.2, -0.15) is 0 Å². The van der Waals surface area contributed by atoms with E-state index >= 15 is 0 Å². The van der Waals surface area contributed by atoms with Gasteiger partial charge in [0.05, 0.1) is 11.0 Å². The maximum Gasteiger partial charge on any atom is 0.0562 e. The normalized spacial score (nSPS) is 13.1. The third kappa shape index (κ3) is 4.57. The van der Waals surface area contributed by atoms with E-state index in [0.717, 1.165) is 22.7 Å². The van der Waals surface area contributed by atoms with E-state index in [0.29, 0.717) is 0 Å². The van der Waals surface area contributed by atoms with Gasteiger partial charge in [-0.25, -0.2) is 0 Å². The van der Waals surface area contributed by atoms with Gasteiger partial charge in [-0.3, -0.25) is 0 Å². The van der Waals surface area contributed by atoms with E-state index in [-0.39, 0.29) is 5.41 Å². The molecule has 1 heterocycles. The molecule has 1 aliphatic carbocycles. The maximum absolute atomic E-state index is 2.43. The molecule has 2 nitrogen and oxygen atoms in total. The fourth-order valence-corrected chi connectivity index (χ4v) is 8.48. The van der Waals surface area contributed by atoms with E-state index in [2.05, 4.69) is 205 Å². The van der Waals surface area contributed by atoms with Crippen molar-refractivity contribution >= 4 is 49.6 Å². The molecular formula is C49H36N2. The Bertz CT molecular complexity index is 2750. The second-order valence-corrected chi connectivity index (χ2v) is 14.2. The molecule has 9 aromatic rings. The highest BCUT2D eigenvalue weighted by Gasteiger charge is 2.35. The van der Waals surface area contributed by atoms with Gasteiger partial charge in [0, 0.05) is 38.9 Å². The molecule has 0 fully saturated rings. The second kappa shape index (κ2) is 11.3. The van der Waals surface area contributed by atoms with Crippen LogP contribution >= 0.6 is 0 Å². The highest BCUT2D eigenvalue weighted by atomic mass is 15.1. The van der Waals surface area contributed by atoms with E-state index in [1.165, 1.54) is 66.0 Å². The summed E-state index contributed by atoms with van der Waals surface area (Å²) in [6, 6.07) is 66.6. The number of anilines is 3. The molecule has 1 aromatic heterocycles. The molecule has 0 atom stereocenters. The molecule has 0 radical (unpaired) electrons. The van der Waals surface area contributed by atoms with Crippen LogP contribution in [0.2, 0.25) is 0 Å². The lowest BCUT2D eigenvalue weighted by Crippen LogP contribution is -2.16. The number of fused-ring (bicyclic) bond motifs is 8. The standard InChI is InChI=1S/C49H36N2/c1-49(2)44-20-12-11-19-41(44)42-28-26-38(31-45(42)49)50(37-24-21-34(22-25-37)33-13-5-3-6-14-33)39-27-29-43-47(32-39)51(36-16-7-4-8-17-36)46-30-23-35-15-9-10-18-40(35)48(43)46/h3-32H,1-2H3. The zero-order valence-corrected chi connectivity index (χ0v) is 28.7. The molecule has 0 aliphatic heterocycles. The number of aromatic nitrogens is 1. The third-order valence-electron chi connectivity index (χ3n) is 11.0. The molecule has 2 heteroatoms. The molecule has 0 unspecified atom stereocenters. The van der Waals surface area contributed by atoms with Crippen LogP contribution in [0, 0.1) is 0 Å². The van der Waals surface area contributed by atoms with Crippen LogP contribution in [0.1, 0.15) is 25.0 Å². The highest BCUT2D eigenvalue weighted by molar-refractivity contribution is 6.21. The topological polar surface area (TPSA) is 8.17 Å². The molecule has 10 rings (SSSR count). The first kappa shape index (κ1) is 29.5. The van der Waals surface area contributed by atoms with Crippen LogP contribution in [-0.2, 0) is 5.41 Å². The third-order valence-corrected chi connectivity index (χ3v) is 11.0. The maximum atomic E-state index is 2.43. The molecule has 0 saturated carbocycles. The Labute approximate surface area is 298 Å². The Morgan fingerprint density at radius 3 is 1.88 bits per heavy atom. The van der Waals surface area contributed by atoms with Crippen LogP contribution in [0.25, 0.3) is 60.5 Å². The summed E-state index contributed by atoms with van der Waals surface area (Å²) in [6.07, 6.45) is 0. The van der Waals surface area contributed by atoms with Gasteiger partial charge in [0.1, 0.15) is 0 Å². The van der Waals surface area contributed by atoms with Gasteiger partial charge < -0.3 is 9.47 Å². The fourth-order valence-electron chi connectivity index (χ4n) is 8.48. The number of hydrogen-bond acceptors (Lipinski definition) is 1. The smallest absolute Gasteiger partial charge is 0.0562 e. The van der Waals surface area contributed by atoms with Gasteiger partial charge in [-0.1, -0.05) is 141 Å². The number of para-hydroxylation sites is 1. The fraction of sp³-hybridized carbons (Fsp3) is 0.0612. The van der Waals surface area contributed by atoms with Gasteiger partial charge in [0.2, 0.25) is 0 Å². The van der Waals surface area contributed by atoms with E-state index in [1.807, 2.05) is 0 Å². The first-order valence-electron chi connectivity index (χ1n) is 17.8. The van der Waals surface area contributed by atoms with Crippen LogP contribution in [-0.4, -0.2) is 4.57 Å². The van der Waals surface area contributed by atoms with Crippen molar-refractivity contribution < 1.29 is 0 Å². The lowest BCUT2D eigenvalue weighted by Gasteiger charge is -2.28. The van der Waals surface area contributed by atoms with E-state index in [9.17, 15) is 0 Å². The van der Waals surface area contributed by atoms with Crippen molar-refractivity contribution in [1.29, 1.82) is 0 Å². The van der Waals surface area contributed by atoms with Crippen molar-refractivity contribution in [3.05, 3.63) is 193 Å². The lowest BCUT2D eigenvalue weighted by molar-refractivity contribution is 0.660. The molecule has 8 aromatic carbocycles. The molecule has 242 valence electrons. The van der Waals surface area contributed by atoms with Gasteiger partial charge >= 0.3 is 0 Å². The minimum Gasteiger partial charge on any atom is -0.310 e. The number of hydrogen-bond donors (Lipinski definition) is 0. The number of rotatable bonds is 5. The molecule has 0 bridgehead atoms. The molecule has 0 spiro atoms. The monoisotopic (exact) mass is 652 g/mol. The van der Waals surface area contributed by atoms with Crippen LogP contribution in [0.3, 0.4) is 0 Å². The predicted octanol–water partition coefficient (Wildman–Crippen LogP) is 13.4. The van der Waals surface area contributed by atoms with Crippen LogP contribution in [0.4, 0.5) is 17.1 Å². The SMILES string of the molecule is CC1(C)c2ccccc2-c2ccc(N(c3ccc(-c4ccccc4)cc3)c3ccc4c5c6ccccc6ccc5n(-c5ccccc5)c4c3)cc21. The number of benzene rings is 8. The predicted molar refractivity (Wildman–Crippen MR) is 216 cm³/mol. The first-order chi connectivity index (χ1) is 25.1. The summed E-state index contributed by atoms with van der Waals surface area (Å²) in [5.41, 5.74) is 14.7. The zero-order chi connectivity index (χ0) is 34.1. The van der Waals surface area contributed by atoms with E-state index < -0.39 is 0 Å². The Morgan fingerprint density at radius 1 is 0.431 bits per heavy atom. The van der Waals surface area contributed by atoms with Gasteiger partial charge in [0.15, 0.2) is 0 Å². The van der Waals surface area contributed by atoms with Crippen molar-refractivity contribution in [3.63, 3.8) is 0 Å². The average Bonchev–Trinajstić information content (AvgIpc) is 3.64. The molecular weight excluding hydrogens is 617 g/mol. The Morgan fingerprint density at radius 2 is 1.06 bits per heavy atom. The Balaban J connectivity index is 1.22. The van der Waals surface area contributed by atoms with Gasteiger partial charge in [0.25, 0.3) is 0 Å². The lowest BCUT2D eigenvalue weighted by atomic mass is 9.82. The Hall–Kier alpha value is -6.38. The molecule has 0 saturated heterocycles. The van der Waals surface area contributed by atoms with Crippen molar-refractivity contribution in [3.8, 4) is 27.9 Å². The first-order valence-corrected chi connectivity index (χ1v) is 17.8. The summed E-state index contributed by atoms with van der Waals surface area (Å²) >= 11 is 0. The van der Waals surface area contributed by atoms with Crippen LogP contribution < -0.4 is 4.90 Å². The summed E-state index contributed by atoms with van der Waals surface area (Å²) in [5, 5.41) is 5.06. The minimum atomic E-state index is -0.102. The van der Waals surface area contributed by atoms with E-state index in [1.54, 1.807) is 0 Å². The number of nitrogens with zero attached hydrogens (tertiary/aromatic N) is 2. The minimum absolute atomic E-state index is 0.102. The molecule has 1 aliphatic rings. The van der Waals surface area contributed by atoms with Crippen molar-refractivity contribution in [2.75, 3.05) is 4.90 Å². The second-order valence-electron chi connectivity index (χ2n) is 14.2. The quantitative estimate of drug-likeness (QED) is 0.180. The van der Waals surface area contributed by atoms with Gasteiger partial charge in [-0.15, -0.1) is 0 Å². The van der Waals surface area contributed by atoms with Gasteiger partial charge in [-0.05, 0) is 98.8 Å². The van der Waals surface area contributed by atoms with E-state index in [4.69, 9.17) is 0 Å². The van der Waals surface area contributed by atoms with Crippen molar-refractivity contribution in [2.24, 2.45) is 0 Å². The molecule has 0 N–H and O–H groups in total. The zero-order valence-electron chi connectivity index (χ0n) is 28.7. The van der Waals surface area contributed by atoms with Crippen molar-refractivity contribution in [1.82, 2.24) is 4.57 Å². The summed E-state index contributed by atoms with van der Waals surface area (Å²) in [7, 11) is 0. The largest absolute Gasteiger partial charge is 0.310 e. The molecule has 51 heavy (non-hydrogen) atoms. The van der Waals surface area contributed by atoms with Crippen LogP contribution in [0.15, 0.2) is 182 Å². The molecule has 0 amide bonds. The van der Waals surface area contributed by atoms with Crippen LogP contribution in [0.5, 0.6) is 0 Å². The highest BCUT2D eigenvalue weighted by Crippen LogP contribution is 2.51. The Kier molecular flexibility index (Phi) is 6.56. The van der Waals surface area contributed by atoms with Crippen molar-refractivity contribution in [2.45, 2.75) is 19.3 Å². The summed E-state index contributed by atoms with van der Waals surface area (Å²) in [6.45, 7) is 4.71. The summed E-state index contributed by atoms with van der Waals surface area (Å²) < 4.78 is 2.43.